The van der Waals surface area contributed by atoms with Crippen LogP contribution in [0.2, 0.25) is 0 Å². The number of nitrogen functional groups attached to an aromatic ring is 1. The fraction of sp³-hybridized carbons (Fsp3) is 0.333. The number of likely N-dealkylation sites (tertiary alicyclic amines) is 1. The summed E-state index contributed by atoms with van der Waals surface area (Å²) < 4.78 is 0. The maximum absolute atomic E-state index is 12.6. The zero-order valence-electron chi connectivity index (χ0n) is 15.7. The Morgan fingerprint density at radius 1 is 1.04 bits per heavy atom. The van der Waals surface area contributed by atoms with Gasteiger partial charge in [-0.05, 0) is 49.1 Å². The summed E-state index contributed by atoms with van der Waals surface area (Å²) in [6, 6.07) is 15.1. The lowest BCUT2D eigenvalue weighted by Gasteiger charge is -2.15. The summed E-state index contributed by atoms with van der Waals surface area (Å²) in [5, 5.41) is 2.97. The molecule has 1 heterocycles. The van der Waals surface area contributed by atoms with Gasteiger partial charge in [0.15, 0.2) is 0 Å². The van der Waals surface area contributed by atoms with Gasteiger partial charge in [-0.15, -0.1) is 24.2 Å². The Kier molecular flexibility index (Phi) is 8.67. The van der Waals surface area contributed by atoms with Crippen molar-refractivity contribution in [3.05, 3.63) is 59.7 Å². The summed E-state index contributed by atoms with van der Waals surface area (Å²) in [4.78, 5) is 27.6. The molecule has 0 atom stereocenters. The van der Waals surface area contributed by atoms with Crippen molar-refractivity contribution in [3.8, 4) is 0 Å². The van der Waals surface area contributed by atoms with Gasteiger partial charge in [-0.25, -0.2) is 0 Å². The van der Waals surface area contributed by atoms with E-state index in [1.165, 1.54) is 11.8 Å². The van der Waals surface area contributed by atoms with Crippen LogP contribution >= 0.6 is 24.2 Å². The summed E-state index contributed by atoms with van der Waals surface area (Å²) in [5.41, 5.74) is 8.17. The predicted molar refractivity (Wildman–Crippen MR) is 117 cm³/mol. The van der Waals surface area contributed by atoms with Crippen LogP contribution in [0, 0.1) is 0 Å². The van der Waals surface area contributed by atoms with Crippen LogP contribution in [0.5, 0.6) is 0 Å². The highest BCUT2D eigenvalue weighted by atomic mass is 35.5. The molecule has 0 aromatic heterocycles. The lowest BCUT2D eigenvalue weighted by Crippen LogP contribution is -2.29. The van der Waals surface area contributed by atoms with Crippen LogP contribution in [-0.4, -0.2) is 42.1 Å². The van der Waals surface area contributed by atoms with Crippen molar-refractivity contribution >= 4 is 41.7 Å². The highest BCUT2D eigenvalue weighted by molar-refractivity contribution is 8.00. The van der Waals surface area contributed by atoms with Crippen molar-refractivity contribution < 1.29 is 9.59 Å². The van der Waals surface area contributed by atoms with E-state index in [1.54, 1.807) is 6.07 Å². The second-order valence-corrected chi connectivity index (χ2v) is 7.64. The largest absolute Gasteiger partial charge is 0.399 e. The maximum atomic E-state index is 12.6. The molecule has 7 heteroatoms. The fourth-order valence-electron chi connectivity index (χ4n) is 3.08. The quantitative estimate of drug-likeness (QED) is 0.533. The van der Waals surface area contributed by atoms with Crippen LogP contribution < -0.4 is 11.1 Å². The van der Waals surface area contributed by atoms with E-state index in [9.17, 15) is 9.59 Å². The number of hydrogen-bond donors (Lipinski definition) is 2. The van der Waals surface area contributed by atoms with Gasteiger partial charge in [0, 0.05) is 30.2 Å². The smallest absolute Gasteiger partial charge is 0.252 e. The first-order valence-corrected chi connectivity index (χ1v) is 10.2. The van der Waals surface area contributed by atoms with Crippen LogP contribution in [0.1, 0.15) is 28.8 Å². The normalized spacial score (nSPS) is 13.1. The first kappa shape index (κ1) is 22.1. The van der Waals surface area contributed by atoms with E-state index >= 15 is 0 Å². The van der Waals surface area contributed by atoms with E-state index in [1.807, 2.05) is 47.4 Å². The molecule has 0 spiro atoms. The molecule has 3 N–H and O–H groups in total. The molecule has 2 amide bonds. The third-order valence-electron chi connectivity index (χ3n) is 4.62. The Morgan fingerprint density at radius 2 is 1.71 bits per heavy atom. The van der Waals surface area contributed by atoms with Gasteiger partial charge < -0.3 is 16.0 Å². The minimum Gasteiger partial charge on any atom is -0.399 e. The zero-order valence-corrected chi connectivity index (χ0v) is 17.4. The number of amides is 2. The van der Waals surface area contributed by atoms with Crippen molar-refractivity contribution in [1.29, 1.82) is 0 Å². The second kappa shape index (κ2) is 11.0. The highest BCUT2D eigenvalue weighted by Gasteiger charge is 2.19. The molecular weight excluding hydrogens is 394 g/mol. The average Bonchev–Trinajstić information content (AvgIpc) is 3.23. The van der Waals surface area contributed by atoms with E-state index in [4.69, 9.17) is 5.73 Å². The molecule has 150 valence electrons. The SMILES string of the molecule is Cl.Nc1ccc(CCNC(=O)c2ccccc2SCC(=O)N2CCCC2)cc1. The monoisotopic (exact) mass is 419 g/mol. The summed E-state index contributed by atoms with van der Waals surface area (Å²) in [6.07, 6.45) is 2.92. The molecule has 1 aliphatic rings. The molecule has 0 unspecified atom stereocenters. The van der Waals surface area contributed by atoms with Gasteiger partial charge >= 0.3 is 0 Å². The Morgan fingerprint density at radius 3 is 2.43 bits per heavy atom. The lowest BCUT2D eigenvalue weighted by molar-refractivity contribution is -0.127. The van der Waals surface area contributed by atoms with Crippen LogP contribution in [0.3, 0.4) is 0 Å². The van der Waals surface area contributed by atoms with Gasteiger partial charge in [-0.3, -0.25) is 9.59 Å². The standard InChI is InChI=1S/C21H25N3O2S.ClH/c22-17-9-7-16(8-10-17)11-12-23-21(26)18-5-1-2-6-19(18)27-15-20(25)24-13-3-4-14-24;/h1-2,5-10H,3-4,11-15,22H2,(H,23,26);1H. The molecule has 2 aromatic carbocycles. The fourth-order valence-corrected chi connectivity index (χ4v) is 4.03. The number of rotatable bonds is 7. The van der Waals surface area contributed by atoms with E-state index in [-0.39, 0.29) is 24.2 Å². The van der Waals surface area contributed by atoms with Gasteiger partial charge in [0.05, 0.1) is 11.3 Å². The van der Waals surface area contributed by atoms with Gasteiger partial charge in [0.2, 0.25) is 5.91 Å². The number of benzene rings is 2. The maximum Gasteiger partial charge on any atom is 0.252 e. The zero-order chi connectivity index (χ0) is 19.1. The Labute approximate surface area is 176 Å². The van der Waals surface area contributed by atoms with Gasteiger partial charge in [0.1, 0.15) is 0 Å². The lowest BCUT2D eigenvalue weighted by atomic mass is 10.1. The molecule has 2 aromatic rings. The molecule has 28 heavy (non-hydrogen) atoms. The van der Waals surface area contributed by atoms with Crippen molar-refractivity contribution in [2.24, 2.45) is 0 Å². The molecule has 0 saturated carbocycles. The number of halogens is 1. The number of hydrogen-bond acceptors (Lipinski definition) is 4. The number of carbonyl (C=O) groups excluding carboxylic acids is 2. The van der Waals surface area contributed by atoms with Gasteiger partial charge in [-0.2, -0.15) is 0 Å². The Balaban J connectivity index is 0.00000280. The van der Waals surface area contributed by atoms with Crippen LogP contribution in [0.25, 0.3) is 0 Å². The first-order chi connectivity index (χ1) is 13.1. The molecular formula is C21H26ClN3O2S. The van der Waals surface area contributed by atoms with Crippen molar-refractivity contribution in [1.82, 2.24) is 10.2 Å². The van der Waals surface area contributed by atoms with Crippen molar-refractivity contribution in [2.45, 2.75) is 24.2 Å². The minimum absolute atomic E-state index is 0. The third-order valence-corrected chi connectivity index (χ3v) is 5.68. The number of nitrogens with zero attached hydrogens (tertiary/aromatic N) is 1. The average molecular weight is 420 g/mol. The third kappa shape index (κ3) is 6.17. The number of nitrogens with one attached hydrogen (secondary N) is 1. The summed E-state index contributed by atoms with van der Waals surface area (Å²) in [5.74, 6) is 0.411. The van der Waals surface area contributed by atoms with Crippen LogP contribution in [0.4, 0.5) is 5.69 Å². The predicted octanol–water partition coefficient (Wildman–Crippen LogP) is 3.38. The van der Waals surface area contributed by atoms with E-state index in [2.05, 4.69) is 5.32 Å². The molecule has 1 fully saturated rings. The topological polar surface area (TPSA) is 75.4 Å². The van der Waals surface area contributed by atoms with E-state index in [0.717, 1.165) is 48.5 Å². The number of nitrogens with two attached hydrogens (primary N) is 1. The van der Waals surface area contributed by atoms with Crippen LogP contribution in [-0.2, 0) is 11.2 Å². The van der Waals surface area contributed by atoms with Gasteiger partial charge in [-0.1, -0.05) is 24.3 Å². The molecule has 0 aliphatic carbocycles. The molecule has 1 saturated heterocycles. The Hall–Kier alpha value is -2.18. The first-order valence-electron chi connectivity index (χ1n) is 9.26. The Bertz CT molecular complexity index is 792. The van der Waals surface area contributed by atoms with Gasteiger partial charge in [0.25, 0.3) is 5.91 Å². The molecule has 0 radical (unpaired) electrons. The van der Waals surface area contributed by atoms with E-state index < -0.39 is 0 Å². The minimum atomic E-state index is -0.109. The number of thioether (sulfide) groups is 1. The summed E-state index contributed by atoms with van der Waals surface area (Å²) in [7, 11) is 0. The molecule has 1 aliphatic heterocycles. The highest BCUT2D eigenvalue weighted by Crippen LogP contribution is 2.23. The molecule has 5 nitrogen and oxygen atoms in total. The number of carbonyl (C=O) groups is 2. The number of anilines is 1. The van der Waals surface area contributed by atoms with Crippen LogP contribution in [0.15, 0.2) is 53.4 Å². The summed E-state index contributed by atoms with van der Waals surface area (Å²) in [6.45, 7) is 2.26. The second-order valence-electron chi connectivity index (χ2n) is 6.62. The molecule has 3 rings (SSSR count). The van der Waals surface area contributed by atoms with Crippen molar-refractivity contribution in [3.63, 3.8) is 0 Å². The van der Waals surface area contributed by atoms with E-state index in [0.29, 0.717) is 17.9 Å². The van der Waals surface area contributed by atoms with Crippen molar-refractivity contribution in [2.75, 3.05) is 31.1 Å². The molecule has 0 bridgehead atoms. The summed E-state index contributed by atoms with van der Waals surface area (Å²) >= 11 is 1.44.